The molecule has 98 valence electrons. The van der Waals surface area contributed by atoms with Crippen molar-refractivity contribution in [2.24, 2.45) is 0 Å². The molecular formula is C15H14BrNO2. The van der Waals surface area contributed by atoms with Crippen LogP contribution in [0, 0.1) is 0 Å². The maximum absolute atomic E-state index is 11.2. The second-order valence-corrected chi connectivity index (χ2v) is 5.68. The topological polar surface area (TPSA) is 33.5 Å². The Morgan fingerprint density at radius 1 is 1.37 bits per heavy atom. The number of carbonyl (C=O) groups is 1. The van der Waals surface area contributed by atoms with Gasteiger partial charge in [-0.2, -0.15) is 0 Å². The number of hydrogen-bond acceptors (Lipinski definition) is 3. The van der Waals surface area contributed by atoms with Crippen molar-refractivity contribution in [2.75, 3.05) is 4.90 Å². The van der Waals surface area contributed by atoms with Crippen LogP contribution < -0.4 is 4.90 Å². The van der Waals surface area contributed by atoms with Gasteiger partial charge in [-0.3, -0.25) is 4.79 Å². The molecule has 1 saturated carbocycles. The molecule has 19 heavy (non-hydrogen) atoms. The fraction of sp³-hybridized carbons (Fsp3) is 0.267. The molecule has 0 bridgehead atoms. The van der Waals surface area contributed by atoms with E-state index < -0.39 is 0 Å². The summed E-state index contributed by atoms with van der Waals surface area (Å²) in [6.07, 6.45) is 4.94. The van der Waals surface area contributed by atoms with Crippen LogP contribution in [0.3, 0.4) is 0 Å². The van der Waals surface area contributed by atoms with Crippen molar-refractivity contribution in [3.63, 3.8) is 0 Å². The van der Waals surface area contributed by atoms with E-state index in [4.69, 9.17) is 4.42 Å². The lowest BCUT2D eigenvalue weighted by Crippen LogP contribution is -2.25. The quantitative estimate of drug-likeness (QED) is 0.780. The van der Waals surface area contributed by atoms with E-state index in [1.165, 1.54) is 12.8 Å². The average Bonchev–Trinajstić information content (AvgIpc) is 3.13. The molecule has 1 aromatic heterocycles. The van der Waals surface area contributed by atoms with E-state index in [9.17, 15) is 4.79 Å². The number of rotatable bonds is 5. The first-order valence-corrected chi connectivity index (χ1v) is 7.11. The van der Waals surface area contributed by atoms with Crippen molar-refractivity contribution in [2.45, 2.75) is 25.4 Å². The summed E-state index contributed by atoms with van der Waals surface area (Å²) in [4.78, 5) is 13.5. The Morgan fingerprint density at radius 2 is 2.21 bits per heavy atom. The van der Waals surface area contributed by atoms with Gasteiger partial charge in [0, 0.05) is 21.8 Å². The van der Waals surface area contributed by atoms with Crippen LogP contribution in [-0.2, 0) is 6.54 Å². The van der Waals surface area contributed by atoms with Gasteiger partial charge in [0.1, 0.15) is 5.76 Å². The zero-order chi connectivity index (χ0) is 13.2. The van der Waals surface area contributed by atoms with Crippen molar-refractivity contribution in [1.82, 2.24) is 0 Å². The average molecular weight is 320 g/mol. The molecule has 1 fully saturated rings. The summed E-state index contributed by atoms with van der Waals surface area (Å²) < 4.78 is 6.41. The van der Waals surface area contributed by atoms with Crippen LogP contribution in [0.5, 0.6) is 0 Å². The molecule has 0 N–H and O–H groups in total. The molecule has 0 saturated heterocycles. The molecule has 1 aliphatic rings. The van der Waals surface area contributed by atoms with Crippen molar-refractivity contribution >= 4 is 27.9 Å². The summed E-state index contributed by atoms with van der Waals surface area (Å²) in [6, 6.07) is 10.1. The first kappa shape index (κ1) is 12.5. The van der Waals surface area contributed by atoms with Gasteiger partial charge in [0.15, 0.2) is 6.29 Å². The van der Waals surface area contributed by atoms with Crippen LogP contribution in [0.4, 0.5) is 5.69 Å². The number of carbonyl (C=O) groups excluding carboxylic acids is 1. The molecule has 4 heteroatoms. The Morgan fingerprint density at radius 3 is 2.84 bits per heavy atom. The number of nitrogens with zero attached hydrogens (tertiary/aromatic N) is 1. The van der Waals surface area contributed by atoms with Crippen molar-refractivity contribution in [1.29, 1.82) is 0 Å². The van der Waals surface area contributed by atoms with Gasteiger partial charge in [0.25, 0.3) is 0 Å². The lowest BCUT2D eigenvalue weighted by Gasteiger charge is -2.25. The highest BCUT2D eigenvalue weighted by Gasteiger charge is 2.31. The van der Waals surface area contributed by atoms with Crippen molar-refractivity contribution in [3.8, 4) is 0 Å². The SMILES string of the molecule is O=Cc1ccc(Br)cc1N(Cc1ccco1)C1CC1. The molecule has 0 unspecified atom stereocenters. The summed E-state index contributed by atoms with van der Waals surface area (Å²) >= 11 is 3.48. The fourth-order valence-corrected chi connectivity index (χ4v) is 2.58. The zero-order valence-electron chi connectivity index (χ0n) is 10.4. The first-order valence-electron chi connectivity index (χ1n) is 6.31. The molecular weight excluding hydrogens is 306 g/mol. The molecule has 1 aliphatic carbocycles. The molecule has 3 rings (SSSR count). The van der Waals surface area contributed by atoms with Gasteiger partial charge in [-0.25, -0.2) is 0 Å². The van der Waals surface area contributed by atoms with Crippen molar-refractivity contribution < 1.29 is 9.21 Å². The van der Waals surface area contributed by atoms with E-state index in [2.05, 4.69) is 20.8 Å². The number of aldehydes is 1. The Hall–Kier alpha value is -1.55. The Kier molecular flexibility index (Phi) is 3.42. The largest absolute Gasteiger partial charge is 0.467 e. The smallest absolute Gasteiger partial charge is 0.152 e. The molecule has 0 aliphatic heterocycles. The van der Waals surface area contributed by atoms with E-state index >= 15 is 0 Å². The Bertz CT molecular complexity index is 576. The molecule has 0 atom stereocenters. The normalized spacial score (nSPS) is 14.4. The van der Waals surface area contributed by atoms with Crippen LogP contribution in [-0.4, -0.2) is 12.3 Å². The minimum absolute atomic E-state index is 0.512. The highest BCUT2D eigenvalue weighted by atomic mass is 79.9. The van der Waals surface area contributed by atoms with Gasteiger partial charge in [-0.05, 0) is 43.2 Å². The molecule has 1 heterocycles. The fourth-order valence-electron chi connectivity index (χ4n) is 2.23. The zero-order valence-corrected chi connectivity index (χ0v) is 12.0. The lowest BCUT2D eigenvalue weighted by atomic mass is 10.1. The number of furan rings is 1. The van der Waals surface area contributed by atoms with Crippen LogP contribution in [0.2, 0.25) is 0 Å². The molecule has 0 radical (unpaired) electrons. The summed E-state index contributed by atoms with van der Waals surface area (Å²) in [5, 5.41) is 0. The highest BCUT2D eigenvalue weighted by Crippen LogP contribution is 2.35. The molecule has 0 spiro atoms. The molecule has 2 aromatic rings. The van der Waals surface area contributed by atoms with Gasteiger partial charge < -0.3 is 9.32 Å². The van der Waals surface area contributed by atoms with Crippen LogP contribution in [0.25, 0.3) is 0 Å². The number of benzene rings is 1. The number of hydrogen-bond donors (Lipinski definition) is 0. The summed E-state index contributed by atoms with van der Waals surface area (Å²) in [6.45, 7) is 0.703. The van der Waals surface area contributed by atoms with E-state index in [1.807, 2.05) is 30.3 Å². The molecule has 1 aromatic carbocycles. The minimum atomic E-state index is 0.512. The summed E-state index contributed by atoms with van der Waals surface area (Å²) in [7, 11) is 0. The van der Waals surface area contributed by atoms with Crippen molar-refractivity contribution in [3.05, 3.63) is 52.4 Å². The Labute approximate surface area is 120 Å². The van der Waals surface area contributed by atoms with Gasteiger partial charge in [-0.15, -0.1) is 0 Å². The third-order valence-corrected chi connectivity index (χ3v) is 3.82. The lowest BCUT2D eigenvalue weighted by molar-refractivity contribution is 0.112. The predicted molar refractivity (Wildman–Crippen MR) is 77.4 cm³/mol. The maximum Gasteiger partial charge on any atom is 0.152 e. The first-order chi connectivity index (χ1) is 9.28. The number of halogens is 1. The third kappa shape index (κ3) is 2.73. The van der Waals surface area contributed by atoms with Gasteiger partial charge in [0.2, 0.25) is 0 Å². The van der Waals surface area contributed by atoms with Gasteiger partial charge in [-0.1, -0.05) is 15.9 Å². The summed E-state index contributed by atoms with van der Waals surface area (Å²) in [5.74, 6) is 0.920. The van der Waals surface area contributed by atoms with E-state index in [-0.39, 0.29) is 0 Å². The maximum atomic E-state index is 11.2. The second-order valence-electron chi connectivity index (χ2n) is 4.76. The number of anilines is 1. The van der Waals surface area contributed by atoms with Crippen LogP contribution >= 0.6 is 15.9 Å². The van der Waals surface area contributed by atoms with Crippen LogP contribution in [0.1, 0.15) is 29.0 Å². The van der Waals surface area contributed by atoms with Crippen LogP contribution in [0.15, 0.2) is 45.5 Å². The third-order valence-electron chi connectivity index (χ3n) is 3.32. The monoisotopic (exact) mass is 319 g/mol. The standard InChI is InChI=1S/C15H14BrNO2/c16-12-4-3-11(10-18)15(8-12)17(13-5-6-13)9-14-2-1-7-19-14/h1-4,7-8,10,13H,5-6,9H2. The molecule has 3 nitrogen and oxygen atoms in total. The van der Waals surface area contributed by atoms with Gasteiger partial charge in [0.05, 0.1) is 12.8 Å². The Balaban J connectivity index is 1.95. The second kappa shape index (κ2) is 5.21. The highest BCUT2D eigenvalue weighted by molar-refractivity contribution is 9.10. The minimum Gasteiger partial charge on any atom is -0.467 e. The summed E-state index contributed by atoms with van der Waals surface area (Å²) in [5.41, 5.74) is 1.70. The molecule has 0 amide bonds. The predicted octanol–water partition coefficient (Wildman–Crippen LogP) is 4.02. The van der Waals surface area contributed by atoms with E-state index in [0.717, 1.165) is 27.8 Å². The van der Waals surface area contributed by atoms with E-state index in [1.54, 1.807) is 6.26 Å². The van der Waals surface area contributed by atoms with Gasteiger partial charge >= 0.3 is 0 Å². The van der Waals surface area contributed by atoms with E-state index in [0.29, 0.717) is 12.6 Å².